The Hall–Kier alpha value is -1.96. The third kappa shape index (κ3) is 4.18. The Morgan fingerprint density at radius 1 is 1.24 bits per heavy atom. The zero-order valence-electron chi connectivity index (χ0n) is 14.6. The molecule has 1 amide bonds. The van der Waals surface area contributed by atoms with E-state index in [1.807, 2.05) is 42.8 Å². The minimum absolute atomic E-state index is 0.0456. The van der Waals surface area contributed by atoms with Crippen LogP contribution in [0, 0.1) is 0 Å². The number of anilines is 2. The second kappa shape index (κ2) is 7.95. The van der Waals surface area contributed by atoms with Gasteiger partial charge in [0, 0.05) is 49.0 Å². The molecule has 1 aliphatic heterocycles. The number of hydrogen-bond donors (Lipinski definition) is 2. The number of amides is 1. The molecule has 2 N–H and O–H groups in total. The average molecular weight is 360 g/mol. The van der Waals surface area contributed by atoms with Gasteiger partial charge >= 0.3 is 0 Å². The minimum Gasteiger partial charge on any atom is -0.389 e. The lowest BCUT2D eigenvalue weighted by Gasteiger charge is -2.37. The minimum atomic E-state index is -0.617. The standard InChI is InChI=1S/C18H24N4O2S/c1-13(17(24)20-16-6-4-3-5-15(16)14(2)23)21-8-10-22(11-9-21)18-19-7-12-25-18/h3-7,12-14,23H,8-11H2,1-2H3,(H,20,24). The molecule has 134 valence electrons. The van der Waals surface area contributed by atoms with Gasteiger partial charge in [-0.1, -0.05) is 18.2 Å². The van der Waals surface area contributed by atoms with Crippen molar-refractivity contribution in [2.75, 3.05) is 36.4 Å². The van der Waals surface area contributed by atoms with Crippen molar-refractivity contribution >= 4 is 28.1 Å². The van der Waals surface area contributed by atoms with Crippen molar-refractivity contribution in [2.24, 2.45) is 0 Å². The van der Waals surface area contributed by atoms with Crippen LogP contribution in [0.1, 0.15) is 25.5 Å². The van der Waals surface area contributed by atoms with Gasteiger partial charge in [-0.05, 0) is 19.9 Å². The molecule has 2 unspecified atom stereocenters. The second-order valence-electron chi connectivity index (χ2n) is 6.27. The first-order chi connectivity index (χ1) is 12.1. The molecule has 0 bridgehead atoms. The Morgan fingerprint density at radius 2 is 1.96 bits per heavy atom. The highest BCUT2D eigenvalue weighted by molar-refractivity contribution is 7.13. The van der Waals surface area contributed by atoms with E-state index in [9.17, 15) is 9.90 Å². The molecule has 2 heterocycles. The Labute approximate surface area is 152 Å². The number of carbonyl (C=O) groups is 1. The van der Waals surface area contributed by atoms with E-state index >= 15 is 0 Å². The fourth-order valence-corrected chi connectivity index (χ4v) is 3.75. The lowest BCUT2D eigenvalue weighted by Crippen LogP contribution is -2.52. The number of aliphatic hydroxyl groups is 1. The first kappa shape index (κ1) is 17.8. The van der Waals surface area contributed by atoms with Crippen molar-refractivity contribution < 1.29 is 9.90 Å². The lowest BCUT2D eigenvalue weighted by molar-refractivity contribution is -0.120. The number of aromatic nitrogens is 1. The van der Waals surface area contributed by atoms with Crippen LogP contribution in [0.25, 0.3) is 0 Å². The van der Waals surface area contributed by atoms with Crippen LogP contribution >= 0.6 is 11.3 Å². The summed E-state index contributed by atoms with van der Waals surface area (Å²) >= 11 is 1.64. The van der Waals surface area contributed by atoms with Gasteiger partial charge in [-0.25, -0.2) is 4.98 Å². The van der Waals surface area contributed by atoms with Crippen LogP contribution in [0.3, 0.4) is 0 Å². The van der Waals surface area contributed by atoms with E-state index in [2.05, 4.69) is 20.1 Å². The zero-order valence-corrected chi connectivity index (χ0v) is 15.4. The lowest BCUT2D eigenvalue weighted by atomic mass is 10.1. The van der Waals surface area contributed by atoms with Crippen LogP contribution in [-0.2, 0) is 4.79 Å². The summed E-state index contributed by atoms with van der Waals surface area (Å²) in [6, 6.07) is 7.16. The SMILES string of the molecule is CC(O)c1ccccc1NC(=O)C(C)N1CCN(c2nccs2)CC1. The Morgan fingerprint density at radius 3 is 2.60 bits per heavy atom. The monoisotopic (exact) mass is 360 g/mol. The third-order valence-electron chi connectivity index (χ3n) is 4.60. The number of nitrogens with zero attached hydrogens (tertiary/aromatic N) is 3. The summed E-state index contributed by atoms with van der Waals surface area (Å²) in [5.74, 6) is -0.0456. The van der Waals surface area contributed by atoms with Gasteiger partial charge in [0.1, 0.15) is 0 Å². The molecule has 1 fully saturated rings. The van der Waals surface area contributed by atoms with Crippen molar-refractivity contribution in [3.63, 3.8) is 0 Å². The van der Waals surface area contributed by atoms with E-state index in [1.165, 1.54) is 0 Å². The predicted octanol–water partition coefficient (Wildman–Crippen LogP) is 2.35. The van der Waals surface area contributed by atoms with Gasteiger partial charge in [0.25, 0.3) is 0 Å². The number of benzene rings is 1. The molecule has 7 heteroatoms. The number of aliphatic hydroxyl groups excluding tert-OH is 1. The summed E-state index contributed by atoms with van der Waals surface area (Å²) in [5.41, 5.74) is 1.41. The van der Waals surface area contributed by atoms with E-state index in [4.69, 9.17) is 0 Å². The van der Waals surface area contributed by atoms with Crippen LogP contribution in [0.15, 0.2) is 35.8 Å². The predicted molar refractivity (Wildman–Crippen MR) is 101 cm³/mol. The fraction of sp³-hybridized carbons (Fsp3) is 0.444. The molecule has 25 heavy (non-hydrogen) atoms. The number of para-hydroxylation sites is 1. The van der Waals surface area contributed by atoms with Crippen LogP contribution in [0.5, 0.6) is 0 Å². The molecule has 0 aliphatic carbocycles. The molecule has 2 atom stereocenters. The molecule has 1 saturated heterocycles. The van der Waals surface area contributed by atoms with Crippen LogP contribution in [0.4, 0.5) is 10.8 Å². The smallest absolute Gasteiger partial charge is 0.241 e. The Balaban J connectivity index is 1.58. The molecule has 3 rings (SSSR count). The summed E-state index contributed by atoms with van der Waals surface area (Å²) in [4.78, 5) is 21.4. The fourth-order valence-electron chi connectivity index (χ4n) is 3.05. The number of hydrogen-bond acceptors (Lipinski definition) is 6. The molecule has 0 spiro atoms. The van der Waals surface area contributed by atoms with Crippen LogP contribution in [-0.4, -0.2) is 53.1 Å². The highest BCUT2D eigenvalue weighted by atomic mass is 32.1. The summed E-state index contributed by atoms with van der Waals surface area (Å²) in [6.45, 7) is 7.02. The first-order valence-electron chi connectivity index (χ1n) is 8.52. The Kier molecular flexibility index (Phi) is 5.67. The first-order valence-corrected chi connectivity index (χ1v) is 9.40. The molecule has 2 aromatic rings. The maximum absolute atomic E-state index is 12.6. The molecule has 0 radical (unpaired) electrons. The summed E-state index contributed by atoms with van der Waals surface area (Å²) in [7, 11) is 0. The van der Waals surface area contributed by atoms with E-state index < -0.39 is 6.10 Å². The van der Waals surface area contributed by atoms with E-state index in [0.29, 0.717) is 5.69 Å². The van der Waals surface area contributed by atoms with Gasteiger partial charge in [-0.15, -0.1) is 11.3 Å². The molecule has 1 aromatic carbocycles. The zero-order chi connectivity index (χ0) is 17.8. The topological polar surface area (TPSA) is 68.7 Å². The van der Waals surface area contributed by atoms with E-state index in [1.54, 1.807) is 18.3 Å². The molecule has 0 saturated carbocycles. The van der Waals surface area contributed by atoms with E-state index in [0.717, 1.165) is 36.9 Å². The van der Waals surface area contributed by atoms with Gasteiger partial charge < -0.3 is 15.3 Å². The number of thiazole rings is 1. The maximum atomic E-state index is 12.6. The second-order valence-corrected chi connectivity index (χ2v) is 7.14. The van der Waals surface area contributed by atoms with Crippen molar-refractivity contribution in [2.45, 2.75) is 26.0 Å². The maximum Gasteiger partial charge on any atom is 0.241 e. The van der Waals surface area contributed by atoms with Gasteiger partial charge in [0.2, 0.25) is 5.91 Å². The van der Waals surface area contributed by atoms with Gasteiger partial charge in [0.15, 0.2) is 5.13 Å². The average Bonchev–Trinajstić information content (AvgIpc) is 3.16. The summed E-state index contributed by atoms with van der Waals surface area (Å²) in [6.07, 6.45) is 1.20. The number of rotatable bonds is 5. The summed E-state index contributed by atoms with van der Waals surface area (Å²) in [5, 5.41) is 15.8. The molecular weight excluding hydrogens is 336 g/mol. The summed E-state index contributed by atoms with van der Waals surface area (Å²) < 4.78 is 0. The number of piperazine rings is 1. The van der Waals surface area contributed by atoms with Gasteiger partial charge in [-0.2, -0.15) is 0 Å². The largest absolute Gasteiger partial charge is 0.389 e. The number of carbonyl (C=O) groups excluding carboxylic acids is 1. The normalized spacial score (nSPS) is 18.0. The number of nitrogens with one attached hydrogen (secondary N) is 1. The third-order valence-corrected chi connectivity index (χ3v) is 5.43. The Bertz CT molecular complexity index is 697. The van der Waals surface area contributed by atoms with E-state index in [-0.39, 0.29) is 11.9 Å². The molecular formula is C18H24N4O2S. The van der Waals surface area contributed by atoms with Gasteiger partial charge in [0.05, 0.1) is 12.1 Å². The van der Waals surface area contributed by atoms with Crippen molar-refractivity contribution in [1.82, 2.24) is 9.88 Å². The van der Waals surface area contributed by atoms with Crippen molar-refractivity contribution in [1.29, 1.82) is 0 Å². The molecule has 1 aromatic heterocycles. The van der Waals surface area contributed by atoms with Crippen molar-refractivity contribution in [3.8, 4) is 0 Å². The molecule has 6 nitrogen and oxygen atoms in total. The quantitative estimate of drug-likeness (QED) is 0.857. The van der Waals surface area contributed by atoms with Crippen molar-refractivity contribution in [3.05, 3.63) is 41.4 Å². The molecule has 1 aliphatic rings. The van der Waals surface area contributed by atoms with Crippen LogP contribution in [0.2, 0.25) is 0 Å². The highest BCUT2D eigenvalue weighted by Crippen LogP contribution is 2.23. The van der Waals surface area contributed by atoms with Crippen LogP contribution < -0.4 is 10.2 Å². The highest BCUT2D eigenvalue weighted by Gasteiger charge is 2.26. The van der Waals surface area contributed by atoms with Gasteiger partial charge in [-0.3, -0.25) is 9.69 Å².